The molecule has 4 aromatic rings. The van der Waals surface area contributed by atoms with Crippen molar-refractivity contribution < 1.29 is 47.1 Å². The summed E-state index contributed by atoms with van der Waals surface area (Å²) in [4.78, 5) is 33.0. The number of aryl methyl sites for hydroxylation is 2. The number of benzene rings is 2. The molecule has 0 amide bonds. The predicted molar refractivity (Wildman–Crippen MR) is 225 cm³/mol. The molecule has 0 aliphatic carbocycles. The number of ether oxygens (including phenoxy) is 6. The number of esters is 2. The van der Waals surface area contributed by atoms with Crippen LogP contribution in [0.1, 0.15) is 85.4 Å². The molecule has 0 N–H and O–H groups in total. The molecule has 0 saturated heterocycles. The molecule has 0 spiro atoms. The van der Waals surface area contributed by atoms with Gasteiger partial charge in [0.1, 0.15) is 24.7 Å². The van der Waals surface area contributed by atoms with Crippen LogP contribution < -0.4 is 9.47 Å². The predicted octanol–water partition coefficient (Wildman–Crippen LogP) is 9.07. The van der Waals surface area contributed by atoms with Gasteiger partial charge in [0.05, 0.1) is 83.8 Å². The number of carbonyl (C=O) groups is 2. The lowest BCUT2D eigenvalue weighted by molar-refractivity contribution is -0.150. The molecule has 322 valence electrons. The lowest BCUT2D eigenvalue weighted by Gasteiger charge is -2.11. The third-order valence-electron chi connectivity index (χ3n) is 9.28. The molecule has 2 aromatic carbocycles. The largest absolute Gasteiger partial charge is 0.490 e. The summed E-state index contributed by atoms with van der Waals surface area (Å²) in [5, 5.41) is 9.78. The van der Waals surface area contributed by atoms with Crippen LogP contribution in [0.15, 0.2) is 55.4 Å². The summed E-state index contributed by atoms with van der Waals surface area (Å²) in [5.41, 5.74) is 2.83. The summed E-state index contributed by atoms with van der Waals surface area (Å²) in [6, 6.07) is 10.7. The number of halogens is 4. The van der Waals surface area contributed by atoms with Gasteiger partial charge < -0.3 is 37.5 Å². The fourth-order valence-corrected chi connectivity index (χ4v) is 7.43. The van der Waals surface area contributed by atoms with Crippen LogP contribution in [0.25, 0.3) is 0 Å². The maximum atomic E-state index is 12.2. The Bertz CT molecular complexity index is 1930. The van der Waals surface area contributed by atoms with Crippen molar-refractivity contribution in [2.45, 2.75) is 77.0 Å². The van der Waals surface area contributed by atoms with Gasteiger partial charge >= 0.3 is 11.9 Å². The van der Waals surface area contributed by atoms with Gasteiger partial charge in [-0.15, -0.1) is 0 Å². The molecule has 6 rings (SSSR count). The first kappa shape index (κ1) is 45.0. The van der Waals surface area contributed by atoms with E-state index in [0.717, 1.165) is 61.2 Å². The zero-order valence-corrected chi connectivity index (χ0v) is 36.0. The summed E-state index contributed by atoms with van der Waals surface area (Å²) in [7, 11) is 0. The summed E-state index contributed by atoms with van der Waals surface area (Å²) in [5.74, 6) is 2.48. The minimum atomic E-state index is -0.492. The van der Waals surface area contributed by atoms with Gasteiger partial charge in [-0.05, 0) is 62.8 Å². The van der Waals surface area contributed by atoms with Crippen LogP contribution in [0.2, 0.25) is 20.1 Å². The Balaban J connectivity index is 0.750. The minimum Gasteiger partial charge on any atom is -0.490 e. The van der Waals surface area contributed by atoms with Crippen molar-refractivity contribution in [1.29, 1.82) is 0 Å². The number of hydrogen-bond donors (Lipinski definition) is 0. The molecule has 0 saturated carbocycles. The highest BCUT2D eigenvalue weighted by atomic mass is 35.5. The molecule has 60 heavy (non-hydrogen) atoms. The van der Waals surface area contributed by atoms with Crippen molar-refractivity contribution in [3.63, 3.8) is 0 Å². The Morgan fingerprint density at radius 3 is 1.33 bits per heavy atom. The summed E-state index contributed by atoms with van der Waals surface area (Å²) < 4.78 is 44.1. The van der Waals surface area contributed by atoms with Crippen molar-refractivity contribution in [2.75, 3.05) is 52.7 Å². The maximum Gasteiger partial charge on any atom is 0.306 e. The third kappa shape index (κ3) is 14.0. The Morgan fingerprint density at radius 2 is 0.950 bits per heavy atom. The van der Waals surface area contributed by atoms with Gasteiger partial charge in [-0.3, -0.25) is 9.59 Å². The Labute approximate surface area is 367 Å². The second-order valence-corrected chi connectivity index (χ2v) is 15.6. The Morgan fingerprint density at radius 1 is 0.533 bits per heavy atom. The SMILES string of the molecule is O=C(CCC(=O)OCCc1cc(CCCCCOc2c(Cl)cc(C3=NCCO3)cc2Cl)on1)OCCc1cc(CCCCCOc2c(Cl)cc(C3=NCCO3)cc2Cl)on1. The van der Waals surface area contributed by atoms with Gasteiger partial charge in [-0.1, -0.05) is 56.7 Å². The number of aromatic nitrogens is 2. The number of carbonyl (C=O) groups excluding carboxylic acids is 2. The van der Waals surface area contributed by atoms with E-state index in [1.807, 2.05) is 12.1 Å². The summed E-state index contributed by atoms with van der Waals surface area (Å²) in [6.45, 7) is 3.51. The van der Waals surface area contributed by atoms with Crippen LogP contribution in [-0.2, 0) is 54.2 Å². The van der Waals surface area contributed by atoms with Crippen LogP contribution in [-0.4, -0.2) is 86.8 Å². The van der Waals surface area contributed by atoms with Gasteiger partial charge in [0.15, 0.2) is 11.5 Å². The van der Waals surface area contributed by atoms with Crippen LogP contribution in [0.5, 0.6) is 11.5 Å². The smallest absolute Gasteiger partial charge is 0.306 e. The zero-order chi connectivity index (χ0) is 42.1. The van der Waals surface area contributed by atoms with Gasteiger partial charge in [-0.2, -0.15) is 0 Å². The molecule has 18 heteroatoms. The van der Waals surface area contributed by atoms with Crippen molar-refractivity contribution in [1.82, 2.24) is 10.3 Å². The first-order valence-electron chi connectivity index (χ1n) is 20.0. The van der Waals surface area contributed by atoms with Crippen molar-refractivity contribution >= 4 is 70.1 Å². The molecule has 0 atom stereocenters. The number of nitrogens with zero attached hydrogens (tertiary/aromatic N) is 4. The summed E-state index contributed by atoms with van der Waals surface area (Å²) in [6.07, 6.45) is 7.18. The number of rotatable bonds is 25. The fourth-order valence-electron chi connectivity index (χ4n) is 6.24. The quantitative estimate of drug-likeness (QED) is 0.0458. The lowest BCUT2D eigenvalue weighted by Crippen LogP contribution is -2.13. The topological polar surface area (TPSA) is 166 Å². The van der Waals surface area contributed by atoms with E-state index in [9.17, 15) is 9.59 Å². The minimum absolute atomic E-state index is 0.0852. The van der Waals surface area contributed by atoms with Gasteiger partial charge in [0.25, 0.3) is 0 Å². The van der Waals surface area contributed by atoms with E-state index in [2.05, 4.69) is 20.3 Å². The number of unbranched alkanes of at least 4 members (excludes halogenated alkanes) is 4. The summed E-state index contributed by atoms with van der Waals surface area (Å²) >= 11 is 25.6. The van der Waals surface area contributed by atoms with E-state index in [4.69, 9.17) is 83.9 Å². The molecular formula is C42H46Cl4N4O10. The Hall–Kier alpha value is -4.50. The van der Waals surface area contributed by atoms with E-state index in [0.29, 0.717) is 120 Å². The van der Waals surface area contributed by atoms with E-state index < -0.39 is 11.9 Å². The number of aliphatic imine (C=N–C) groups is 2. The third-order valence-corrected chi connectivity index (χ3v) is 10.4. The molecule has 4 heterocycles. The van der Waals surface area contributed by atoms with Gasteiger partial charge in [-0.25, -0.2) is 9.98 Å². The Kier molecular flexibility index (Phi) is 17.6. The molecule has 0 radical (unpaired) electrons. The zero-order valence-electron chi connectivity index (χ0n) is 33.0. The van der Waals surface area contributed by atoms with Gasteiger partial charge in [0.2, 0.25) is 11.8 Å². The fraction of sp³-hybridized carbons (Fsp3) is 0.476. The molecule has 2 aliphatic rings. The van der Waals surface area contributed by atoms with E-state index in [-0.39, 0.29) is 26.1 Å². The molecular weight excluding hydrogens is 862 g/mol. The highest BCUT2D eigenvalue weighted by Gasteiger charge is 2.18. The first-order valence-corrected chi connectivity index (χ1v) is 21.5. The first-order chi connectivity index (χ1) is 29.2. The molecule has 0 unspecified atom stereocenters. The highest BCUT2D eigenvalue weighted by molar-refractivity contribution is 6.38. The highest BCUT2D eigenvalue weighted by Crippen LogP contribution is 2.36. The monoisotopic (exact) mass is 906 g/mol. The van der Waals surface area contributed by atoms with Crippen molar-refractivity contribution in [3.8, 4) is 11.5 Å². The van der Waals surface area contributed by atoms with Crippen LogP contribution >= 0.6 is 46.4 Å². The van der Waals surface area contributed by atoms with Crippen LogP contribution in [0.4, 0.5) is 0 Å². The molecule has 14 nitrogen and oxygen atoms in total. The molecule has 0 bridgehead atoms. The molecule has 0 fully saturated rings. The average Bonchev–Trinajstić information content (AvgIpc) is 4.08. The van der Waals surface area contributed by atoms with E-state index >= 15 is 0 Å². The van der Waals surface area contributed by atoms with Crippen molar-refractivity contribution in [2.24, 2.45) is 9.98 Å². The standard InChI is InChI=1S/C42H46Cl4N4O10/c43-33-21-27(41-47-13-19-57-41)22-34(44)39(33)55-15-5-1-3-7-31-25-29(49-59-31)11-17-53-37(51)9-10-38(52)54-18-12-30-26-32(60-50-30)8-4-2-6-16-56-40-35(45)23-28(24-36(40)46)42-48-14-20-58-42/h21-26H,1-20H2. The van der Waals surface area contributed by atoms with E-state index in [1.54, 1.807) is 24.3 Å². The van der Waals surface area contributed by atoms with E-state index in [1.165, 1.54) is 0 Å². The normalized spacial score (nSPS) is 13.4. The molecule has 2 aliphatic heterocycles. The number of hydrogen-bond acceptors (Lipinski definition) is 14. The molecule has 2 aromatic heterocycles. The second-order valence-electron chi connectivity index (χ2n) is 13.9. The van der Waals surface area contributed by atoms with Crippen LogP contribution in [0.3, 0.4) is 0 Å². The maximum absolute atomic E-state index is 12.2. The lowest BCUT2D eigenvalue weighted by atomic mass is 10.1. The van der Waals surface area contributed by atoms with Crippen LogP contribution in [0, 0.1) is 0 Å². The average molecular weight is 909 g/mol. The van der Waals surface area contributed by atoms with Gasteiger partial charge in [0, 0.05) is 48.9 Å². The van der Waals surface area contributed by atoms with Crippen molar-refractivity contribution in [3.05, 3.63) is 90.5 Å². The second kappa shape index (κ2) is 23.5.